The van der Waals surface area contributed by atoms with Crippen LogP contribution in [0.5, 0.6) is 0 Å². The molecule has 0 spiro atoms. The van der Waals surface area contributed by atoms with Gasteiger partial charge in [0, 0.05) is 6.54 Å². The van der Waals surface area contributed by atoms with Gasteiger partial charge in [-0.3, -0.25) is 0 Å². The van der Waals surface area contributed by atoms with Gasteiger partial charge in [0.2, 0.25) is 0 Å². The van der Waals surface area contributed by atoms with Crippen molar-refractivity contribution in [2.75, 3.05) is 19.8 Å². The number of ether oxygens (including phenoxy) is 1. The van der Waals surface area contributed by atoms with E-state index in [1.54, 1.807) is 4.90 Å². The molecule has 1 aliphatic rings. The summed E-state index contributed by atoms with van der Waals surface area (Å²) in [5, 5.41) is 11.7. The molecule has 110 valence electrons. The van der Waals surface area contributed by atoms with Gasteiger partial charge in [-0.15, -0.1) is 0 Å². The first-order valence-electron chi connectivity index (χ1n) is 6.97. The lowest BCUT2D eigenvalue weighted by Crippen LogP contribution is -2.55. The molecule has 1 aliphatic heterocycles. The molecule has 19 heavy (non-hydrogen) atoms. The monoisotopic (exact) mass is 272 g/mol. The van der Waals surface area contributed by atoms with E-state index in [0.29, 0.717) is 26.2 Å². The molecule has 0 aromatic rings. The number of amides is 2. The lowest BCUT2D eigenvalue weighted by Gasteiger charge is -2.35. The van der Waals surface area contributed by atoms with Crippen LogP contribution < -0.4 is 5.32 Å². The van der Waals surface area contributed by atoms with Crippen LogP contribution in [0.2, 0.25) is 0 Å². The van der Waals surface area contributed by atoms with Crippen LogP contribution in [0.1, 0.15) is 39.5 Å². The molecule has 0 bridgehead atoms. The second kappa shape index (κ2) is 7.99. The normalized spacial score (nSPS) is 20.9. The van der Waals surface area contributed by atoms with Crippen LogP contribution in [-0.4, -0.2) is 53.8 Å². The summed E-state index contributed by atoms with van der Waals surface area (Å²) in [6.45, 7) is 5.54. The van der Waals surface area contributed by atoms with Crippen LogP contribution in [0.15, 0.2) is 0 Å². The van der Waals surface area contributed by atoms with E-state index >= 15 is 0 Å². The number of rotatable bonds is 6. The first-order valence-corrected chi connectivity index (χ1v) is 6.97. The summed E-state index contributed by atoms with van der Waals surface area (Å²) in [7, 11) is 0. The molecule has 0 saturated carbocycles. The van der Waals surface area contributed by atoms with Crippen molar-refractivity contribution >= 4 is 12.0 Å². The minimum absolute atomic E-state index is 0.0365. The van der Waals surface area contributed by atoms with Crippen molar-refractivity contribution in [1.29, 1.82) is 0 Å². The van der Waals surface area contributed by atoms with E-state index in [1.165, 1.54) is 0 Å². The zero-order valence-electron chi connectivity index (χ0n) is 11.7. The smallest absolute Gasteiger partial charge is 0.326 e. The highest BCUT2D eigenvalue weighted by molar-refractivity contribution is 5.82. The number of nitrogens with zero attached hydrogens (tertiary/aromatic N) is 1. The molecule has 0 aromatic carbocycles. The molecule has 2 N–H and O–H groups in total. The number of aliphatic carboxylic acids is 1. The van der Waals surface area contributed by atoms with Gasteiger partial charge < -0.3 is 20.1 Å². The van der Waals surface area contributed by atoms with E-state index in [2.05, 4.69) is 5.32 Å². The fraction of sp³-hybridized carbons (Fsp3) is 0.846. The molecule has 1 saturated heterocycles. The Bertz CT molecular complexity index is 309. The molecule has 1 rings (SSSR count). The van der Waals surface area contributed by atoms with Gasteiger partial charge in [-0.05, 0) is 12.8 Å². The fourth-order valence-corrected chi connectivity index (χ4v) is 2.16. The third kappa shape index (κ3) is 4.70. The highest BCUT2D eigenvalue weighted by Gasteiger charge is 2.28. The number of unbranched alkanes of at least 4 members (excludes halogenated alkanes) is 1. The second-order valence-corrected chi connectivity index (χ2v) is 4.81. The van der Waals surface area contributed by atoms with Crippen molar-refractivity contribution in [3.8, 4) is 0 Å². The zero-order chi connectivity index (χ0) is 14.3. The largest absolute Gasteiger partial charge is 0.480 e. The molecule has 2 unspecified atom stereocenters. The van der Waals surface area contributed by atoms with E-state index in [4.69, 9.17) is 9.84 Å². The lowest BCUT2D eigenvalue weighted by atomic mass is 10.1. The average molecular weight is 272 g/mol. The van der Waals surface area contributed by atoms with Gasteiger partial charge in [-0.25, -0.2) is 9.59 Å². The fourth-order valence-electron chi connectivity index (χ4n) is 2.16. The van der Waals surface area contributed by atoms with Gasteiger partial charge in [0.15, 0.2) is 0 Å². The first kappa shape index (κ1) is 15.8. The summed E-state index contributed by atoms with van der Waals surface area (Å²) in [5.41, 5.74) is 0. The van der Waals surface area contributed by atoms with Crippen molar-refractivity contribution in [3.63, 3.8) is 0 Å². The number of carbonyl (C=O) groups is 2. The number of carboxylic acid groups (broad SMARTS) is 1. The molecular formula is C13H24N2O4. The van der Waals surface area contributed by atoms with E-state index in [0.717, 1.165) is 19.3 Å². The van der Waals surface area contributed by atoms with E-state index < -0.39 is 12.0 Å². The zero-order valence-corrected chi connectivity index (χ0v) is 11.7. The molecule has 2 amide bonds. The van der Waals surface area contributed by atoms with Crippen LogP contribution in [0, 0.1) is 0 Å². The van der Waals surface area contributed by atoms with Crippen molar-refractivity contribution in [2.24, 2.45) is 0 Å². The number of urea groups is 1. The van der Waals surface area contributed by atoms with E-state index in [-0.39, 0.29) is 12.1 Å². The quantitative estimate of drug-likeness (QED) is 0.767. The SMILES string of the molecule is CCCCC(NC(=O)N1CCOCC1CC)C(=O)O. The summed E-state index contributed by atoms with van der Waals surface area (Å²) in [6.07, 6.45) is 2.98. The van der Waals surface area contributed by atoms with Crippen molar-refractivity contribution < 1.29 is 19.4 Å². The third-order valence-electron chi connectivity index (χ3n) is 3.40. The molecule has 6 heteroatoms. The minimum Gasteiger partial charge on any atom is -0.480 e. The Morgan fingerprint density at radius 1 is 1.47 bits per heavy atom. The predicted molar refractivity (Wildman–Crippen MR) is 71.1 cm³/mol. The lowest BCUT2D eigenvalue weighted by molar-refractivity contribution is -0.139. The molecule has 2 atom stereocenters. The maximum absolute atomic E-state index is 12.1. The van der Waals surface area contributed by atoms with Gasteiger partial charge >= 0.3 is 12.0 Å². The first-order chi connectivity index (χ1) is 9.10. The highest BCUT2D eigenvalue weighted by Crippen LogP contribution is 2.11. The Labute approximate surface area is 114 Å². The van der Waals surface area contributed by atoms with E-state index in [1.807, 2.05) is 13.8 Å². The Hall–Kier alpha value is -1.30. The van der Waals surface area contributed by atoms with Gasteiger partial charge in [-0.1, -0.05) is 26.7 Å². The topological polar surface area (TPSA) is 78.9 Å². The molecule has 0 aromatic heterocycles. The number of morpholine rings is 1. The van der Waals surface area contributed by atoms with Crippen molar-refractivity contribution in [3.05, 3.63) is 0 Å². The average Bonchev–Trinajstić information content (AvgIpc) is 2.42. The van der Waals surface area contributed by atoms with Crippen molar-refractivity contribution in [2.45, 2.75) is 51.6 Å². The number of carbonyl (C=O) groups excluding carboxylic acids is 1. The van der Waals surface area contributed by atoms with E-state index in [9.17, 15) is 9.59 Å². The van der Waals surface area contributed by atoms with Crippen LogP contribution in [-0.2, 0) is 9.53 Å². The third-order valence-corrected chi connectivity index (χ3v) is 3.40. The number of hydrogen-bond donors (Lipinski definition) is 2. The van der Waals surface area contributed by atoms with Crippen molar-refractivity contribution in [1.82, 2.24) is 10.2 Å². The summed E-state index contributed by atoms with van der Waals surface area (Å²) in [4.78, 5) is 24.9. The predicted octanol–water partition coefficient (Wildman–Crippen LogP) is 1.45. The number of hydrogen-bond acceptors (Lipinski definition) is 3. The summed E-state index contributed by atoms with van der Waals surface area (Å²) < 4.78 is 5.33. The van der Waals surface area contributed by atoms with Crippen LogP contribution in [0.25, 0.3) is 0 Å². The Morgan fingerprint density at radius 3 is 2.79 bits per heavy atom. The van der Waals surface area contributed by atoms with Gasteiger partial charge in [0.25, 0.3) is 0 Å². The summed E-state index contributed by atoms with van der Waals surface area (Å²) in [5.74, 6) is -0.969. The van der Waals surface area contributed by atoms with Crippen LogP contribution in [0.4, 0.5) is 4.79 Å². The minimum atomic E-state index is -0.969. The maximum atomic E-state index is 12.1. The standard InChI is InChI=1S/C13H24N2O4/c1-3-5-6-11(12(16)17)14-13(18)15-7-8-19-9-10(15)4-2/h10-11H,3-9H2,1-2H3,(H,14,18)(H,16,17). The Kier molecular flexibility index (Phi) is 6.62. The Morgan fingerprint density at radius 2 is 2.21 bits per heavy atom. The molecular weight excluding hydrogens is 248 g/mol. The van der Waals surface area contributed by atoms with Crippen LogP contribution >= 0.6 is 0 Å². The van der Waals surface area contributed by atoms with Gasteiger partial charge in [0.1, 0.15) is 6.04 Å². The van der Waals surface area contributed by atoms with Gasteiger partial charge in [0.05, 0.1) is 19.3 Å². The molecule has 1 heterocycles. The molecule has 6 nitrogen and oxygen atoms in total. The number of carboxylic acids is 1. The highest BCUT2D eigenvalue weighted by atomic mass is 16.5. The molecule has 0 radical (unpaired) electrons. The maximum Gasteiger partial charge on any atom is 0.326 e. The number of nitrogens with one attached hydrogen (secondary N) is 1. The summed E-state index contributed by atoms with van der Waals surface area (Å²) in [6, 6.07) is -1.05. The van der Waals surface area contributed by atoms with Gasteiger partial charge in [-0.2, -0.15) is 0 Å². The Balaban J connectivity index is 2.56. The second-order valence-electron chi connectivity index (χ2n) is 4.81. The van der Waals surface area contributed by atoms with Crippen LogP contribution in [0.3, 0.4) is 0 Å². The molecule has 1 fully saturated rings. The summed E-state index contributed by atoms with van der Waals surface area (Å²) >= 11 is 0. The molecule has 0 aliphatic carbocycles.